The highest BCUT2D eigenvalue weighted by atomic mass is 79.9. The second kappa shape index (κ2) is 5.30. The molecule has 1 aromatic rings. The lowest BCUT2D eigenvalue weighted by atomic mass is 9.85. The maximum absolute atomic E-state index is 6.08. The number of hydrogen-bond acceptors (Lipinski definition) is 2. The van der Waals surface area contributed by atoms with Crippen LogP contribution in [0.5, 0.6) is 0 Å². The summed E-state index contributed by atoms with van der Waals surface area (Å²) in [5, 5.41) is 0. The Kier molecular flexibility index (Phi) is 3.97. The van der Waals surface area contributed by atoms with Crippen molar-refractivity contribution in [1.29, 1.82) is 0 Å². The van der Waals surface area contributed by atoms with E-state index >= 15 is 0 Å². The summed E-state index contributed by atoms with van der Waals surface area (Å²) in [6.07, 6.45) is 5.33. The second-order valence-corrected chi connectivity index (χ2v) is 6.06. The molecular weight excluding hydrogens is 276 g/mol. The molecule has 2 nitrogen and oxygen atoms in total. The summed E-state index contributed by atoms with van der Waals surface area (Å²) < 4.78 is 1.09. The van der Waals surface area contributed by atoms with E-state index in [4.69, 9.17) is 5.73 Å². The highest BCUT2D eigenvalue weighted by molar-refractivity contribution is 9.10. The molecule has 0 spiro atoms. The van der Waals surface area contributed by atoms with Crippen molar-refractivity contribution < 1.29 is 0 Å². The summed E-state index contributed by atoms with van der Waals surface area (Å²) in [5.41, 5.74) is 8.10. The SMILES string of the molecule is CC1CCCCC1N(C)c1cc(Br)ccc1N. The van der Waals surface area contributed by atoms with Gasteiger partial charge in [-0.3, -0.25) is 0 Å². The predicted molar refractivity (Wildman–Crippen MR) is 78.4 cm³/mol. The average Bonchev–Trinajstić information content (AvgIpc) is 2.32. The maximum atomic E-state index is 6.08. The number of nitrogen functional groups attached to an aromatic ring is 1. The zero-order valence-corrected chi connectivity index (χ0v) is 12.2. The summed E-state index contributed by atoms with van der Waals surface area (Å²) in [7, 11) is 2.17. The first-order valence-electron chi connectivity index (χ1n) is 6.37. The molecule has 2 rings (SSSR count). The molecule has 0 aliphatic heterocycles. The Hall–Kier alpha value is -0.700. The first-order valence-corrected chi connectivity index (χ1v) is 7.16. The van der Waals surface area contributed by atoms with Crippen LogP contribution in [0.15, 0.2) is 22.7 Å². The quantitative estimate of drug-likeness (QED) is 0.835. The lowest BCUT2D eigenvalue weighted by Crippen LogP contribution is -2.39. The van der Waals surface area contributed by atoms with Crippen LogP contribution in [0.2, 0.25) is 0 Å². The van der Waals surface area contributed by atoms with E-state index in [0.29, 0.717) is 6.04 Å². The molecule has 17 heavy (non-hydrogen) atoms. The third-order valence-corrected chi connectivity index (χ3v) is 4.43. The van der Waals surface area contributed by atoms with Crippen molar-refractivity contribution in [2.75, 3.05) is 17.7 Å². The first kappa shape index (κ1) is 12.7. The van der Waals surface area contributed by atoms with Gasteiger partial charge in [0.2, 0.25) is 0 Å². The van der Waals surface area contributed by atoms with Crippen LogP contribution in [0.4, 0.5) is 11.4 Å². The molecule has 1 aromatic carbocycles. The molecule has 1 fully saturated rings. The van der Waals surface area contributed by atoms with Crippen LogP contribution in [0.1, 0.15) is 32.6 Å². The van der Waals surface area contributed by atoms with Crippen molar-refractivity contribution in [3.8, 4) is 0 Å². The highest BCUT2D eigenvalue weighted by Crippen LogP contribution is 2.34. The summed E-state index contributed by atoms with van der Waals surface area (Å²) in [4.78, 5) is 2.36. The van der Waals surface area contributed by atoms with Gasteiger partial charge in [0.25, 0.3) is 0 Å². The Bertz CT molecular complexity index is 392. The topological polar surface area (TPSA) is 29.3 Å². The molecule has 0 amide bonds. The molecule has 94 valence electrons. The molecule has 3 heteroatoms. The van der Waals surface area contributed by atoms with Crippen molar-refractivity contribution >= 4 is 27.3 Å². The number of benzene rings is 1. The molecule has 0 aromatic heterocycles. The third kappa shape index (κ3) is 2.76. The number of nitrogens with two attached hydrogens (primary N) is 1. The Morgan fingerprint density at radius 2 is 2.00 bits per heavy atom. The minimum Gasteiger partial charge on any atom is -0.397 e. The average molecular weight is 297 g/mol. The van der Waals surface area contributed by atoms with Crippen LogP contribution in [-0.2, 0) is 0 Å². The van der Waals surface area contributed by atoms with E-state index in [1.807, 2.05) is 12.1 Å². The van der Waals surface area contributed by atoms with Crippen LogP contribution in [-0.4, -0.2) is 13.1 Å². The lowest BCUT2D eigenvalue weighted by molar-refractivity contribution is 0.322. The van der Waals surface area contributed by atoms with Gasteiger partial charge >= 0.3 is 0 Å². The fourth-order valence-electron chi connectivity index (χ4n) is 2.87. The van der Waals surface area contributed by atoms with Gasteiger partial charge in [0, 0.05) is 17.6 Å². The minimum atomic E-state index is 0.625. The lowest BCUT2D eigenvalue weighted by Gasteiger charge is -2.38. The summed E-state index contributed by atoms with van der Waals surface area (Å²) >= 11 is 3.52. The number of nitrogens with zero attached hydrogens (tertiary/aromatic N) is 1. The van der Waals surface area contributed by atoms with Gasteiger partial charge in [-0.2, -0.15) is 0 Å². The minimum absolute atomic E-state index is 0.625. The van der Waals surface area contributed by atoms with Crippen LogP contribution < -0.4 is 10.6 Å². The molecule has 0 heterocycles. The number of halogens is 1. The van der Waals surface area contributed by atoms with Crippen molar-refractivity contribution in [3.05, 3.63) is 22.7 Å². The zero-order valence-electron chi connectivity index (χ0n) is 10.6. The molecule has 2 unspecified atom stereocenters. The van der Waals surface area contributed by atoms with Crippen LogP contribution in [0.25, 0.3) is 0 Å². The number of rotatable bonds is 2. The standard InChI is InChI=1S/C14H21BrN2/c1-10-5-3-4-6-13(10)17(2)14-9-11(15)7-8-12(14)16/h7-10,13H,3-6,16H2,1-2H3. The van der Waals surface area contributed by atoms with Gasteiger partial charge in [0.05, 0.1) is 11.4 Å². The van der Waals surface area contributed by atoms with E-state index in [-0.39, 0.29) is 0 Å². The van der Waals surface area contributed by atoms with Crippen molar-refractivity contribution in [1.82, 2.24) is 0 Å². The zero-order chi connectivity index (χ0) is 12.4. The van der Waals surface area contributed by atoms with E-state index < -0.39 is 0 Å². The van der Waals surface area contributed by atoms with Gasteiger partial charge < -0.3 is 10.6 Å². The van der Waals surface area contributed by atoms with E-state index in [2.05, 4.69) is 40.9 Å². The summed E-state index contributed by atoms with van der Waals surface area (Å²) in [6, 6.07) is 6.72. The highest BCUT2D eigenvalue weighted by Gasteiger charge is 2.25. The maximum Gasteiger partial charge on any atom is 0.0611 e. The Morgan fingerprint density at radius 1 is 1.29 bits per heavy atom. The van der Waals surface area contributed by atoms with Crippen LogP contribution >= 0.6 is 15.9 Å². The van der Waals surface area contributed by atoms with Crippen LogP contribution in [0.3, 0.4) is 0 Å². The molecule has 2 atom stereocenters. The summed E-state index contributed by atoms with van der Waals surface area (Å²) in [6.45, 7) is 2.36. The fourth-order valence-corrected chi connectivity index (χ4v) is 3.22. The van der Waals surface area contributed by atoms with E-state index in [9.17, 15) is 0 Å². The van der Waals surface area contributed by atoms with Crippen LogP contribution in [0, 0.1) is 5.92 Å². The van der Waals surface area contributed by atoms with Crippen molar-refractivity contribution in [3.63, 3.8) is 0 Å². The van der Waals surface area contributed by atoms with Gasteiger partial charge in [-0.1, -0.05) is 35.7 Å². The largest absolute Gasteiger partial charge is 0.397 e. The van der Waals surface area contributed by atoms with Crippen molar-refractivity contribution in [2.24, 2.45) is 5.92 Å². The van der Waals surface area contributed by atoms with Crippen molar-refractivity contribution in [2.45, 2.75) is 38.6 Å². The van der Waals surface area contributed by atoms with E-state index in [1.165, 1.54) is 25.7 Å². The molecule has 1 aliphatic rings. The molecule has 0 bridgehead atoms. The number of anilines is 2. The van der Waals surface area contributed by atoms with Gasteiger partial charge in [0.15, 0.2) is 0 Å². The Balaban J connectivity index is 2.23. The normalized spacial score (nSPS) is 24.6. The molecular formula is C14H21BrN2. The van der Waals surface area contributed by atoms with E-state index in [1.54, 1.807) is 0 Å². The Labute approximate surface area is 112 Å². The monoisotopic (exact) mass is 296 g/mol. The first-order chi connectivity index (χ1) is 8.09. The molecule has 2 N–H and O–H groups in total. The summed E-state index contributed by atoms with van der Waals surface area (Å²) in [5.74, 6) is 0.757. The second-order valence-electron chi connectivity index (χ2n) is 5.14. The van der Waals surface area contributed by atoms with E-state index in [0.717, 1.165) is 21.8 Å². The van der Waals surface area contributed by atoms with Gasteiger partial charge in [0.1, 0.15) is 0 Å². The predicted octanol–water partition coefficient (Wildman–Crippen LogP) is 4.05. The number of hydrogen-bond donors (Lipinski definition) is 1. The van der Waals surface area contributed by atoms with Gasteiger partial charge in [-0.05, 0) is 37.0 Å². The molecule has 0 saturated heterocycles. The molecule has 1 aliphatic carbocycles. The third-order valence-electron chi connectivity index (χ3n) is 3.94. The van der Waals surface area contributed by atoms with Gasteiger partial charge in [-0.15, -0.1) is 0 Å². The Morgan fingerprint density at radius 3 is 2.71 bits per heavy atom. The molecule has 0 radical (unpaired) electrons. The smallest absolute Gasteiger partial charge is 0.0611 e. The van der Waals surface area contributed by atoms with Gasteiger partial charge in [-0.25, -0.2) is 0 Å². The molecule has 1 saturated carbocycles. The fraction of sp³-hybridized carbons (Fsp3) is 0.571.